The maximum atomic E-state index is 5.45. The molecular weight excluding hydrogens is 176 g/mol. The van der Waals surface area contributed by atoms with Crippen LogP contribution in [0.1, 0.15) is 47.5 Å². The predicted octanol–water partition coefficient (Wildman–Crippen LogP) is 2.38. The van der Waals surface area contributed by atoms with Crippen molar-refractivity contribution in [2.24, 2.45) is 17.3 Å². The van der Waals surface area contributed by atoms with Crippen LogP contribution >= 0.6 is 0 Å². The zero-order valence-corrected chi connectivity index (χ0v) is 12.2. The standard InChI is InChI=1S/C11H26OSi/c1-9(2)6-11(5,8-12-13)7-10(3)4/h9-10H,6-8H2,1-5,13H3. The Morgan fingerprint density at radius 3 is 1.69 bits per heavy atom. The van der Waals surface area contributed by atoms with Gasteiger partial charge in [0, 0.05) is 6.61 Å². The fraction of sp³-hybridized carbons (Fsp3) is 1.00. The molecule has 0 aliphatic heterocycles. The molecule has 13 heavy (non-hydrogen) atoms. The van der Waals surface area contributed by atoms with E-state index in [0.717, 1.165) is 28.9 Å². The van der Waals surface area contributed by atoms with Gasteiger partial charge in [-0.1, -0.05) is 34.6 Å². The Morgan fingerprint density at radius 2 is 1.46 bits per heavy atom. The molecule has 0 fully saturated rings. The van der Waals surface area contributed by atoms with E-state index in [4.69, 9.17) is 4.43 Å². The van der Waals surface area contributed by atoms with E-state index in [2.05, 4.69) is 34.6 Å². The SMILES string of the molecule is CC(C)CC(C)(CO[SiH3])CC(C)C. The summed E-state index contributed by atoms with van der Waals surface area (Å²) in [5.74, 6) is 1.56. The van der Waals surface area contributed by atoms with Crippen LogP contribution < -0.4 is 0 Å². The Kier molecular flexibility index (Phi) is 5.89. The van der Waals surface area contributed by atoms with Crippen LogP contribution in [0.15, 0.2) is 0 Å². The monoisotopic (exact) mass is 202 g/mol. The minimum atomic E-state index is 0.407. The molecule has 0 unspecified atom stereocenters. The maximum absolute atomic E-state index is 5.45. The first-order valence-corrected chi connectivity index (χ1v) is 6.20. The molecule has 0 aliphatic rings. The van der Waals surface area contributed by atoms with E-state index in [1.165, 1.54) is 12.8 Å². The van der Waals surface area contributed by atoms with Crippen molar-refractivity contribution in [2.75, 3.05) is 6.61 Å². The molecule has 0 saturated carbocycles. The van der Waals surface area contributed by atoms with E-state index in [1.54, 1.807) is 0 Å². The van der Waals surface area contributed by atoms with Crippen molar-refractivity contribution in [2.45, 2.75) is 47.5 Å². The molecule has 0 radical (unpaired) electrons. The highest BCUT2D eigenvalue weighted by molar-refractivity contribution is 5.97. The quantitative estimate of drug-likeness (QED) is 0.601. The molecule has 0 rings (SSSR count). The van der Waals surface area contributed by atoms with Gasteiger partial charge in [-0.15, -0.1) is 0 Å². The molecule has 0 aliphatic carbocycles. The van der Waals surface area contributed by atoms with E-state index < -0.39 is 0 Å². The normalized spacial score (nSPS) is 13.2. The summed E-state index contributed by atoms with van der Waals surface area (Å²) in [5, 5.41) is 0. The number of hydrogen-bond donors (Lipinski definition) is 0. The molecule has 0 aromatic carbocycles. The third-order valence-corrected chi connectivity index (χ3v) is 2.58. The van der Waals surface area contributed by atoms with Crippen LogP contribution in [-0.2, 0) is 4.43 Å². The summed E-state index contributed by atoms with van der Waals surface area (Å²) in [6.07, 6.45) is 2.57. The number of rotatable bonds is 6. The molecule has 0 aromatic rings. The van der Waals surface area contributed by atoms with E-state index in [9.17, 15) is 0 Å². The second-order valence-electron chi connectivity index (χ2n) is 5.44. The van der Waals surface area contributed by atoms with Gasteiger partial charge in [0.05, 0.1) is 0 Å². The average Bonchev–Trinajstić information content (AvgIpc) is 1.81. The lowest BCUT2D eigenvalue weighted by atomic mass is 9.76. The van der Waals surface area contributed by atoms with Crippen molar-refractivity contribution in [1.29, 1.82) is 0 Å². The van der Waals surface area contributed by atoms with Gasteiger partial charge in [0.2, 0.25) is 0 Å². The van der Waals surface area contributed by atoms with Crippen molar-refractivity contribution >= 4 is 10.5 Å². The highest BCUT2D eigenvalue weighted by atomic mass is 28.2. The van der Waals surface area contributed by atoms with Crippen LogP contribution in [-0.4, -0.2) is 17.1 Å². The van der Waals surface area contributed by atoms with Crippen LogP contribution in [0.3, 0.4) is 0 Å². The van der Waals surface area contributed by atoms with Gasteiger partial charge in [-0.3, -0.25) is 0 Å². The van der Waals surface area contributed by atoms with Gasteiger partial charge in [-0.2, -0.15) is 0 Å². The van der Waals surface area contributed by atoms with E-state index >= 15 is 0 Å². The third-order valence-electron chi connectivity index (χ3n) is 2.29. The first-order chi connectivity index (χ1) is 5.89. The molecule has 0 spiro atoms. The summed E-state index contributed by atoms with van der Waals surface area (Å²) in [4.78, 5) is 0. The average molecular weight is 202 g/mol. The lowest BCUT2D eigenvalue weighted by molar-refractivity contribution is 0.117. The first-order valence-electron chi connectivity index (χ1n) is 5.38. The van der Waals surface area contributed by atoms with Gasteiger partial charge >= 0.3 is 0 Å². The van der Waals surface area contributed by atoms with E-state index in [1.807, 2.05) is 0 Å². The second kappa shape index (κ2) is 5.81. The fourth-order valence-corrected chi connectivity index (χ4v) is 3.22. The van der Waals surface area contributed by atoms with Crippen LogP contribution in [0.2, 0.25) is 0 Å². The molecule has 0 heterocycles. The second-order valence-corrected chi connectivity index (χ2v) is 6.02. The summed E-state index contributed by atoms with van der Waals surface area (Å²) in [7, 11) is 0.871. The summed E-state index contributed by atoms with van der Waals surface area (Å²) >= 11 is 0. The molecule has 0 bridgehead atoms. The van der Waals surface area contributed by atoms with Crippen molar-refractivity contribution in [1.82, 2.24) is 0 Å². The highest BCUT2D eigenvalue weighted by Crippen LogP contribution is 2.33. The Bertz CT molecular complexity index is 122. The van der Waals surface area contributed by atoms with Gasteiger partial charge in [-0.25, -0.2) is 0 Å². The maximum Gasteiger partial charge on any atom is 0.145 e. The summed E-state index contributed by atoms with van der Waals surface area (Å²) in [6.45, 7) is 12.5. The van der Waals surface area contributed by atoms with Gasteiger partial charge in [-0.05, 0) is 30.1 Å². The Hall–Kier alpha value is 0.177. The lowest BCUT2D eigenvalue weighted by Gasteiger charge is -2.32. The predicted molar refractivity (Wildman–Crippen MR) is 62.9 cm³/mol. The first kappa shape index (κ1) is 13.2. The summed E-state index contributed by atoms with van der Waals surface area (Å²) in [5.41, 5.74) is 0.407. The molecule has 0 N–H and O–H groups in total. The molecule has 2 heteroatoms. The highest BCUT2D eigenvalue weighted by Gasteiger charge is 2.26. The minimum Gasteiger partial charge on any atom is -0.427 e. The molecule has 0 atom stereocenters. The van der Waals surface area contributed by atoms with Crippen LogP contribution in [0.4, 0.5) is 0 Å². The molecule has 0 amide bonds. The molecular formula is C11H26OSi. The fourth-order valence-electron chi connectivity index (χ4n) is 2.52. The van der Waals surface area contributed by atoms with Gasteiger partial charge in [0.1, 0.15) is 10.5 Å². The zero-order valence-electron chi connectivity index (χ0n) is 10.2. The molecule has 0 aromatic heterocycles. The summed E-state index contributed by atoms with van der Waals surface area (Å²) in [6, 6.07) is 0. The topological polar surface area (TPSA) is 9.23 Å². The summed E-state index contributed by atoms with van der Waals surface area (Å²) < 4.78 is 5.45. The van der Waals surface area contributed by atoms with Crippen molar-refractivity contribution < 1.29 is 4.43 Å². The Morgan fingerprint density at radius 1 is 1.08 bits per heavy atom. The zero-order chi connectivity index (χ0) is 10.5. The van der Waals surface area contributed by atoms with Gasteiger partial charge in [0.15, 0.2) is 0 Å². The Balaban J connectivity index is 4.15. The molecule has 80 valence electrons. The van der Waals surface area contributed by atoms with Crippen molar-refractivity contribution in [3.05, 3.63) is 0 Å². The van der Waals surface area contributed by atoms with Crippen LogP contribution in [0.25, 0.3) is 0 Å². The van der Waals surface area contributed by atoms with E-state index in [0.29, 0.717) is 5.41 Å². The third kappa shape index (κ3) is 6.27. The van der Waals surface area contributed by atoms with Crippen LogP contribution in [0.5, 0.6) is 0 Å². The Labute approximate surface area is 86.8 Å². The van der Waals surface area contributed by atoms with Gasteiger partial charge in [0.25, 0.3) is 0 Å². The largest absolute Gasteiger partial charge is 0.427 e. The number of hydrogen-bond acceptors (Lipinski definition) is 1. The smallest absolute Gasteiger partial charge is 0.145 e. The van der Waals surface area contributed by atoms with Crippen LogP contribution in [0, 0.1) is 17.3 Å². The minimum absolute atomic E-state index is 0.407. The van der Waals surface area contributed by atoms with E-state index in [-0.39, 0.29) is 0 Å². The van der Waals surface area contributed by atoms with Gasteiger partial charge < -0.3 is 4.43 Å². The lowest BCUT2D eigenvalue weighted by Crippen LogP contribution is -2.26. The van der Waals surface area contributed by atoms with Crippen molar-refractivity contribution in [3.8, 4) is 0 Å². The molecule has 0 saturated heterocycles. The van der Waals surface area contributed by atoms with Crippen molar-refractivity contribution in [3.63, 3.8) is 0 Å². The molecule has 1 nitrogen and oxygen atoms in total.